The van der Waals surface area contributed by atoms with E-state index in [1.807, 2.05) is 60.8 Å². The van der Waals surface area contributed by atoms with Gasteiger partial charge in [-0.25, -0.2) is 4.79 Å². The summed E-state index contributed by atoms with van der Waals surface area (Å²) in [6.07, 6.45) is 3.73. The smallest absolute Gasteiger partial charge is 0.325 e. The third-order valence-electron chi connectivity index (χ3n) is 5.79. The average Bonchev–Trinajstić information content (AvgIpc) is 3.28. The zero-order valence-electron chi connectivity index (χ0n) is 17.5. The minimum atomic E-state index is -1.00. The van der Waals surface area contributed by atoms with Crippen LogP contribution in [0, 0.1) is 0 Å². The van der Waals surface area contributed by atoms with Gasteiger partial charge in [-0.05, 0) is 43.4 Å². The summed E-state index contributed by atoms with van der Waals surface area (Å²) in [5, 5.41) is 6.69. The number of nitrogens with one attached hydrogen (secondary N) is 3. The Kier molecular flexibility index (Phi) is 5.75. The van der Waals surface area contributed by atoms with Crippen LogP contribution in [0.25, 0.3) is 10.9 Å². The Labute approximate surface area is 180 Å². The lowest BCUT2D eigenvalue weighted by Gasteiger charge is -2.21. The second kappa shape index (κ2) is 8.63. The van der Waals surface area contributed by atoms with Gasteiger partial charge >= 0.3 is 6.03 Å². The van der Waals surface area contributed by atoms with E-state index in [2.05, 4.69) is 15.6 Å². The number of H-pyrrole nitrogens is 1. The summed E-state index contributed by atoms with van der Waals surface area (Å²) in [5.74, 6) is -0.712. The molecule has 0 spiro atoms. The van der Waals surface area contributed by atoms with Gasteiger partial charge < -0.3 is 15.6 Å². The summed E-state index contributed by atoms with van der Waals surface area (Å²) in [7, 11) is 0. The largest absolute Gasteiger partial charge is 0.361 e. The van der Waals surface area contributed by atoms with Gasteiger partial charge in [0.15, 0.2) is 0 Å². The molecule has 1 fully saturated rings. The third kappa shape index (κ3) is 4.45. The third-order valence-corrected chi connectivity index (χ3v) is 5.79. The molecule has 2 heterocycles. The maximum absolute atomic E-state index is 12.9. The fraction of sp³-hybridized carbons (Fsp3) is 0.292. The first kappa shape index (κ1) is 20.7. The van der Waals surface area contributed by atoms with Gasteiger partial charge in [0.1, 0.15) is 12.1 Å². The molecule has 0 saturated carbocycles. The molecule has 1 unspecified atom stereocenters. The van der Waals surface area contributed by atoms with Gasteiger partial charge in [0.25, 0.3) is 5.91 Å². The first-order chi connectivity index (χ1) is 15.0. The zero-order chi connectivity index (χ0) is 21.8. The number of fused-ring (bicyclic) bond motifs is 1. The number of hydrogen-bond donors (Lipinski definition) is 3. The molecule has 160 valence electrons. The highest BCUT2D eigenvalue weighted by molar-refractivity contribution is 6.08. The Balaban J connectivity index is 1.29. The molecule has 3 aromatic rings. The molecule has 1 aliphatic heterocycles. The topological polar surface area (TPSA) is 94.3 Å². The number of aryl methyl sites for hydroxylation is 1. The van der Waals surface area contributed by atoms with Crippen molar-refractivity contribution >= 4 is 28.7 Å². The van der Waals surface area contributed by atoms with E-state index >= 15 is 0 Å². The van der Waals surface area contributed by atoms with Crippen molar-refractivity contribution in [3.8, 4) is 0 Å². The molecule has 0 radical (unpaired) electrons. The van der Waals surface area contributed by atoms with Crippen LogP contribution in [-0.4, -0.2) is 46.4 Å². The molecule has 3 N–H and O–H groups in total. The Morgan fingerprint density at radius 1 is 1.03 bits per heavy atom. The number of urea groups is 1. The predicted octanol–water partition coefficient (Wildman–Crippen LogP) is 2.77. The molecule has 1 saturated heterocycles. The minimum absolute atomic E-state index is 0.278. The van der Waals surface area contributed by atoms with Crippen LogP contribution < -0.4 is 10.6 Å². The van der Waals surface area contributed by atoms with Crippen molar-refractivity contribution in [3.63, 3.8) is 0 Å². The van der Waals surface area contributed by atoms with Crippen LogP contribution in [0.4, 0.5) is 4.79 Å². The van der Waals surface area contributed by atoms with Crippen molar-refractivity contribution in [1.82, 2.24) is 20.5 Å². The number of imide groups is 1. The summed E-state index contributed by atoms with van der Waals surface area (Å²) in [6.45, 7) is 1.86. The van der Waals surface area contributed by atoms with Gasteiger partial charge in [-0.15, -0.1) is 0 Å². The van der Waals surface area contributed by atoms with E-state index in [9.17, 15) is 14.4 Å². The Morgan fingerprint density at radius 3 is 2.58 bits per heavy atom. The summed E-state index contributed by atoms with van der Waals surface area (Å²) >= 11 is 0. The molecule has 1 aliphatic rings. The number of amides is 4. The van der Waals surface area contributed by atoms with E-state index in [4.69, 9.17) is 0 Å². The number of aromatic nitrogens is 1. The predicted molar refractivity (Wildman–Crippen MR) is 118 cm³/mol. The number of benzene rings is 2. The summed E-state index contributed by atoms with van der Waals surface area (Å²) in [5.41, 5.74) is 2.26. The van der Waals surface area contributed by atoms with Crippen molar-refractivity contribution in [1.29, 1.82) is 0 Å². The first-order valence-electron chi connectivity index (χ1n) is 10.5. The first-order valence-corrected chi connectivity index (χ1v) is 10.5. The molecule has 0 aliphatic carbocycles. The lowest BCUT2D eigenvalue weighted by atomic mass is 9.93. The molecule has 4 rings (SSSR count). The zero-order valence-corrected chi connectivity index (χ0v) is 17.5. The highest BCUT2D eigenvalue weighted by Crippen LogP contribution is 2.23. The van der Waals surface area contributed by atoms with Crippen molar-refractivity contribution < 1.29 is 14.4 Å². The lowest BCUT2D eigenvalue weighted by Crippen LogP contribution is -2.45. The van der Waals surface area contributed by atoms with Gasteiger partial charge in [0.2, 0.25) is 5.91 Å². The van der Waals surface area contributed by atoms with Crippen molar-refractivity contribution in [2.24, 2.45) is 0 Å². The van der Waals surface area contributed by atoms with Gasteiger partial charge in [0.05, 0.1) is 0 Å². The van der Waals surface area contributed by atoms with Crippen molar-refractivity contribution in [3.05, 3.63) is 71.9 Å². The maximum atomic E-state index is 12.9. The van der Waals surface area contributed by atoms with Gasteiger partial charge in [0, 0.05) is 23.6 Å². The highest BCUT2D eigenvalue weighted by atomic mass is 16.2. The van der Waals surface area contributed by atoms with Crippen LogP contribution in [0.5, 0.6) is 0 Å². The van der Waals surface area contributed by atoms with Crippen LogP contribution in [0.1, 0.15) is 24.5 Å². The van der Waals surface area contributed by atoms with Crippen molar-refractivity contribution in [2.75, 3.05) is 13.1 Å². The molecule has 31 heavy (non-hydrogen) atoms. The molecule has 1 atom stereocenters. The van der Waals surface area contributed by atoms with Crippen LogP contribution in [-0.2, 0) is 22.4 Å². The SMILES string of the molecule is CC1(CCc2ccccc2)NC(=O)N(CC(=O)NCCc2c[nH]c3ccccc23)C1=O. The molecular formula is C24H26N4O3. The number of rotatable bonds is 8. The fourth-order valence-corrected chi connectivity index (χ4v) is 3.97. The maximum Gasteiger partial charge on any atom is 0.325 e. The number of nitrogens with zero attached hydrogens (tertiary/aromatic N) is 1. The molecule has 2 aromatic carbocycles. The molecule has 4 amide bonds. The molecule has 1 aromatic heterocycles. The summed E-state index contributed by atoms with van der Waals surface area (Å²) in [6, 6.07) is 17.3. The Morgan fingerprint density at radius 2 is 1.77 bits per heavy atom. The quantitative estimate of drug-likeness (QED) is 0.491. The molecule has 7 heteroatoms. The van der Waals surface area contributed by atoms with Crippen LogP contribution >= 0.6 is 0 Å². The van der Waals surface area contributed by atoms with E-state index in [1.54, 1.807) is 6.92 Å². The van der Waals surface area contributed by atoms with E-state index in [-0.39, 0.29) is 18.4 Å². The van der Waals surface area contributed by atoms with Crippen LogP contribution in [0.15, 0.2) is 60.8 Å². The number of hydrogen-bond acceptors (Lipinski definition) is 3. The van der Waals surface area contributed by atoms with Gasteiger partial charge in [-0.2, -0.15) is 0 Å². The number of carbonyl (C=O) groups excluding carboxylic acids is 3. The van der Waals surface area contributed by atoms with Crippen LogP contribution in [0.2, 0.25) is 0 Å². The highest BCUT2D eigenvalue weighted by Gasteiger charge is 2.47. The van der Waals surface area contributed by atoms with Crippen LogP contribution in [0.3, 0.4) is 0 Å². The second-order valence-electron chi connectivity index (χ2n) is 8.10. The number of aromatic amines is 1. The molecule has 0 bridgehead atoms. The average molecular weight is 418 g/mol. The lowest BCUT2D eigenvalue weighted by molar-refractivity contribution is -0.134. The minimum Gasteiger partial charge on any atom is -0.361 e. The van der Waals surface area contributed by atoms with E-state index in [0.29, 0.717) is 25.8 Å². The van der Waals surface area contributed by atoms with E-state index in [1.165, 1.54) is 0 Å². The fourth-order valence-electron chi connectivity index (χ4n) is 3.97. The Bertz CT molecular complexity index is 1110. The second-order valence-corrected chi connectivity index (χ2v) is 8.10. The van der Waals surface area contributed by atoms with E-state index in [0.717, 1.165) is 26.9 Å². The number of para-hydroxylation sites is 1. The molecular weight excluding hydrogens is 392 g/mol. The van der Waals surface area contributed by atoms with E-state index < -0.39 is 11.6 Å². The van der Waals surface area contributed by atoms with Gasteiger partial charge in [-0.1, -0.05) is 48.5 Å². The normalized spacial score (nSPS) is 18.4. The molecule has 7 nitrogen and oxygen atoms in total. The Hall–Kier alpha value is -3.61. The standard InChI is InChI=1S/C24H26N4O3/c1-24(13-11-17-7-3-2-4-8-17)22(30)28(23(31)27-24)16-21(29)25-14-12-18-15-26-20-10-6-5-9-19(18)20/h2-10,15,26H,11-14,16H2,1H3,(H,25,29)(H,27,31). The summed E-state index contributed by atoms with van der Waals surface area (Å²) < 4.78 is 0. The van der Waals surface area contributed by atoms with Gasteiger partial charge in [-0.3, -0.25) is 14.5 Å². The van der Waals surface area contributed by atoms with Crippen molar-refractivity contribution in [2.45, 2.75) is 31.7 Å². The number of carbonyl (C=O) groups is 3. The summed E-state index contributed by atoms with van der Waals surface area (Å²) in [4.78, 5) is 41.8. The monoisotopic (exact) mass is 418 g/mol.